The van der Waals surface area contributed by atoms with E-state index >= 15 is 0 Å². The summed E-state index contributed by atoms with van der Waals surface area (Å²) in [6.45, 7) is 5.67. The summed E-state index contributed by atoms with van der Waals surface area (Å²) in [4.78, 5) is 11.7. The largest absolute Gasteiger partial charge is 0.489 e. The molecule has 2 aromatic rings. The lowest BCUT2D eigenvalue weighted by Crippen LogP contribution is -2.14. The average Bonchev–Trinajstić information content (AvgIpc) is 2.60. The van der Waals surface area contributed by atoms with Crippen LogP contribution in [0.1, 0.15) is 42.5 Å². The van der Waals surface area contributed by atoms with Gasteiger partial charge in [0.1, 0.15) is 12.4 Å². The Labute approximate surface area is 151 Å². The monoisotopic (exact) mass is 365 g/mol. The highest BCUT2D eigenvalue weighted by Gasteiger charge is 2.31. The van der Waals surface area contributed by atoms with E-state index in [1.165, 1.54) is 11.6 Å². The summed E-state index contributed by atoms with van der Waals surface area (Å²) in [5, 5.41) is 2.52. The zero-order valence-corrected chi connectivity index (χ0v) is 15.0. The quantitative estimate of drug-likeness (QED) is 0.734. The Hall–Kier alpha value is -2.50. The maximum Gasteiger partial charge on any atom is 0.416 e. The average molecular weight is 365 g/mol. The maximum atomic E-state index is 13.0. The van der Waals surface area contributed by atoms with Gasteiger partial charge in [0.15, 0.2) is 0 Å². The molecular formula is C20H22F3NO2. The molecule has 2 rings (SSSR count). The molecule has 0 aliphatic heterocycles. The molecule has 1 N–H and O–H groups in total. The molecule has 0 radical (unpaired) electrons. The van der Waals surface area contributed by atoms with Crippen LogP contribution in [0.5, 0.6) is 5.75 Å². The number of carbonyl (C=O) groups is 1. The second-order valence-electron chi connectivity index (χ2n) is 6.01. The fourth-order valence-corrected chi connectivity index (χ4v) is 2.48. The van der Waals surface area contributed by atoms with Crippen molar-refractivity contribution < 1.29 is 22.7 Å². The van der Waals surface area contributed by atoms with Crippen LogP contribution in [-0.2, 0) is 24.0 Å². The number of benzene rings is 2. The first-order chi connectivity index (χ1) is 12.2. The normalized spacial score (nSPS) is 11.3. The summed E-state index contributed by atoms with van der Waals surface area (Å²) >= 11 is 0. The molecule has 0 aliphatic carbocycles. The molecule has 0 fully saturated rings. The Kier molecular flexibility index (Phi) is 6.29. The molecule has 0 unspecified atom stereocenters. The van der Waals surface area contributed by atoms with Gasteiger partial charge in [-0.05, 0) is 42.7 Å². The molecule has 0 saturated heterocycles. The minimum absolute atomic E-state index is 0.0593. The molecule has 0 atom stereocenters. The highest BCUT2D eigenvalue weighted by Crippen LogP contribution is 2.33. The van der Waals surface area contributed by atoms with E-state index in [1.54, 1.807) is 6.92 Å². The van der Waals surface area contributed by atoms with Crippen molar-refractivity contribution >= 4 is 11.6 Å². The van der Waals surface area contributed by atoms with Crippen LogP contribution in [0.15, 0.2) is 36.4 Å². The number of ether oxygens (including phenoxy) is 1. The van der Waals surface area contributed by atoms with Gasteiger partial charge in [0.2, 0.25) is 5.91 Å². The van der Waals surface area contributed by atoms with E-state index in [0.717, 1.165) is 24.1 Å². The lowest BCUT2D eigenvalue weighted by Gasteiger charge is -2.16. The Balaban J connectivity index is 2.25. The van der Waals surface area contributed by atoms with Crippen molar-refractivity contribution in [2.24, 2.45) is 0 Å². The van der Waals surface area contributed by atoms with Gasteiger partial charge in [0, 0.05) is 17.7 Å². The van der Waals surface area contributed by atoms with Crippen molar-refractivity contribution in [1.29, 1.82) is 0 Å². The first-order valence-corrected chi connectivity index (χ1v) is 8.46. The maximum absolute atomic E-state index is 13.0. The van der Waals surface area contributed by atoms with Gasteiger partial charge in [-0.25, -0.2) is 0 Å². The second-order valence-corrected chi connectivity index (χ2v) is 6.01. The van der Waals surface area contributed by atoms with Gasteiger partial charge in [-0.3, -0.25) is 4.79 Å². The van der Waals surface area contributed by atoms with Crippen molar-refractivity contribution in [3.05, 3.63) is 58.7 Å². The van der Waals surface area contributed by atoms with E-state index in [-0.39, 0.29) is 24.6 Å². The zero-order valence-electron chi connectivity index (χ0n) is 15.0. The Morgan fingerprint density at radius 2 is 1.85 bits per heavy atom. The standard InChI is InChI=1S/C20H22F3NO2/c1-4-14-6-9-18(13(3)10-14)26-12-15-7-8-16(20(21,22)23)11-17(15)24-19(25)5-2/h6-11H,4-5,12H2,1-3H3,(H,24,25). The lowest BCUT2D eigenvalue weighted by atomic mass is 10.1. The first-order valence-electron chi connectivity index (χ1n) is 8.46. The molecule has 0 heterocycles. The number of halogens is 3. The van der Waals surface area contributed by atoms with Gasteiger partial charge in [-0.1, -0.05) is 32.0 Å². The van der Waals surface area contributed by atoms with Crippen LogP contribution in [-0.4, -0.2) is 5.91 Å². The number of alkyl halides is 3. The summed E-state index contributed by atoms with van der Waals surface area (Å²) in [5.41, 5.74) is 1.93. The van der Waals surface area contributed by atoms with Gasteiger partial charge in [-0.2, -0.15) is 13.2 Å². The molecule has 140 valence electrons. The van der Waals surface area contributed by atoms with Crippen LogP contribution in [0.2, 0.25) is 0 Å². The molecule has 6 heteroatoms. The summed E-state index contributed by atoms with van der Waals surface area (Å²) in [6.07, 6.45) is -3.39. The Bertz CT molecular complexity index is 785. The predicted octanol–water partition coefficient (Wildman–Crippen LogP) is 5.50. The smallest absolute Gasteiger partial charge is 0.416 e. The van der Waals surface area contributed by atoms with Gasteiger partial charge < -0.3 is 10.1 Å². The SMILES string of the molecule is CCC(=O)Nc1cc(C(F)(F)F)ccc1COc1ccc(CC)cc1C. The fourth-order valence-electron chi connectivity index (χ4n) is 2.48. The fraction of sp³-hybridized carbons (Fsp3) is 0.350. The number of hydrogen-bond acceptors (Lipinski definition) is 2. The first kappa shape index (κ1) is 19.8. The molecule has 0 aliphatic rings. The molecular weight excluding hydrogens is 343 g/mol. The van der Waals surface area contributed by atoms with Crippen LogP contribution in [0, 0.1) is 6.92 Å². The molecule has 1 amide bonds. The summed E-state index contributed by atoms with van der Waals surface area (Å²) in [5.74, 6) is 0.309. The number of hydrogen-bond donors (Lipinski definition) is 1. The second kappa shape index (κ2) is 8.25. The third kappa shape index (κ3) is 5.00. The molecule has 26 heavy (non-hydrogen) atoms. The van der Waals surface area contributed by atoms with Crippen LogP contribution >= 0.6 is 0 Å². The van der Waals surface area contributed by atoms with Gasteiger partial charge >= 0.3 is 6.18 Å². The molecule has 0 aromatic heterocycles. The highest BCUT2D eigenvalue weighted by molar-refractivity contribution is 5.91. The van der Waals surface area contributed by atoms with Gasteiger partial charge in [-0.15, -0.1) is 0 Å². The number of anilines is 1. The minimum atomic E-state index is -4.47. The number of nitrogens with one attached hydrogen (secondary N) is 1. The molecule has 2 aromatic carbocycles. The van der Waals surface area contributed by atoms with Crippen molar-refractivity contribution in [1.82, 2.24) is 0 Å². The topological polar surface area (TPSA) is 38.3 Å². The third-order valence-corrected chi connectivity index (χ3v) is 4.06. The third-order valence-electron chi connectivity index (χ3n) is 4.06. The van der Waals surface area contributed by atoms with E-state index in [4.69, 9.17) is 4.74 Å². The summed E-state index contributed by atoms with van der Waals surface area (Å²) < 4.78 is 44.6. The Morgan fingerprint density at radius 1 is 1.12 bits per heavy atom. The highest BCUT2D eigenvalue weighted by atomic mass is 19.4. The van der Waals surface area contributed by atoms with Gasteiger partial charge in [0.05, 0.1) is 5.56 Å². The number of aryl methyl sites for hydroxylation is 2. The van der Waals surface area contributed by atoms with Crippen molar-refractivity contribution in [3.8, 4) is 5.75 Å². The van der Waals surface area contributed by atoms with E-state index in [1.807, 2.05) is 25.1 Å². The van der Waals surface area contributed by atoms with Crippen LogP contribution in [0.3, 0.4) is 0 Å². The van der Waals surface area contributed by atoms with Crippen LogP contribution in [0.25, 0.3) is 0 Å². The molecule has 0 bridgehead atoms. The van der Waals surface area contributed by atoms with E-state index in [2.05, 4.69) is 12.2 Å². The van der Waals surface area contributed by atoms with Gasteiger partial charge in [0.25, 0.3) is 0 Å². The van der Waals surface area contributed by atoms with E-state index in [9.17, 15) is 18.0 Å². The summed E-state index contributed by atoms with van der Waals surface area (Å²) in [7, 11) is 0. The van der Waals surface area contributed by atoms with E-state index < -0.39 is 11.7 Å². The van der Waals surface area contributed by atoms with Crippen molar-refractivity contribution in [3.63, 3.8) is 0 Å². The Morgan fingerprint density at radius 3 is 2.42 bits per heavy atom. The predicted molar refractivity (Wildman–Crippen MR) is 95.3 cm³/mol. The van der Waals surface area contributed by atoms with Crippen LogP contribution in [0.4, 0.5) is 18.9 Å². The lowest BCUT2D eigenvalue weighted by molar-refractivity contribution is -0.137. The van der Waals surface area contributed by atoms with Crippen LogP contribution < -0.4 is 10.1 Å². The molecule has 0 saturated carbocycles. The number of amides is 1. The summed E-state index contributed by atoms with van der Waals surface area (Å²) in [6, 6.07) is 9.09. The molecule has 3 nitrogen and oxygen atoms in total. The minimum Gasteiger partial charge on any atom is -0.489 e. The number of carbonyl (C=O) groups excluding carboxylic acids is 1. The molecule has 0 spiro atoms. The van der Waals surface area contributed by atoms with Crippen molar-refractivity contribution in [2.75, 3.05) is 5.32 Å². The van der Waals surface area contributed by atoms with E-state index in [0.29, 0.717) is 11.3 Å². The number of rotatable bonds is 6. The zero-order chi connectivity index (χ0) is 19.3. The van der Waals surface area contributed by atoms with Crippen molar-refractivity contribution in [2.45, 2.75) is 46.4 Å².